The third-order valence-electron chi connectivity index (χ3n) is 2.56. The number of rotatable bonds is 4. The van der Waals surface area contributed by atoms with Crippen molar-refractivity contribution < 1.29 is 13.5 Å². The minimum Gasteiger partial charge on any atom is -0.491 e. The first-order valence-electron chi connectivity index (χ1n) is 5.99. The first-order valence-corrected chi connectivity index (χ1v) is 5.99. The number of hydrogen-bond acceptors (Lipinski definition) is 1. The summed E-state index contributed by atoms with van der Waals surface area (Å²) in [5.41, 5.74) is -0.482. The summed E-state index contributed by atoms with van der Waals surface area (Å²) < 4.78 is 33.0. The first kappa shape index (κ1) is 13.9. The monoisotopic (exact) mass is 242 g/mol. The summed E-state index contributed by atoms with van der Waals surface area (Å²) in [6, 6.07) is 2.63. The van der Waals surface area contributed by atoms with Crippen molar-refractivity contribution in [3.05, 3.63) is 29.3 Å². The Labute approximate surface area is 102 Å². The van der Waals surface area contributed by atoms with E-state index in [0.717, 1.165) is 12.8 Å². The van der Waals surface area contributed by atoms with E-state index in [2.05, 4.69) is 0 Å². The van der Waals surface area contributed by atoms with Crippen LogP contribution in [0.1, 0.15) is 46.1 Å². The fraction of sp³-hybridized carbons (Fsp3) is 0.571. The number of benzene rings is 1. The summed E-state index contributed by atoms with van der Waals surface area (Å²) in [4.78, 5) is 0. The van der Waals surface area contributed by atoms with Gasteiger partial charge in [0.05, 0.1) is 6.61 Å². The average molecular weight is 242 g/mol. The van der Waals surface area contributed by atoms with Crippen LogP contribution < -0.4 is 4.74 Å². The molecule has 1 nitrogen and oxygen atoms in total. The zero-order chi connectivity index (χ0) is 13.1. The van der Waals surface area contributed by atoms with Crippen LogP contribution in [0.15, 0.2) is 12.1 Å². The van der Waals surface area contributed by atoms with Gasteiger partial charge in [0.15, 0.2) is 11.6 Å². The molecule has 0 saturated heterocycles. The zero-order valence-corrected chi connectivity index (χ0v) is 10.9. The number of halogens is 2. The molecule has 17 heavy (non-hydrogen) atoms. The highest BCUT2D eigenvalue weighted by Gasteiger charge is 2.25. The van der Waals surface area contributed by atoms with Gasteiger partial charge in [-0.25, -0.2) is 8.78 Å². The molecule has 0 bridgehead atoms. The van der Waals surface area contributed by atoms with E-state index in [-0.39, 0.29) is 11.3 Å². The summed E-state index contributed by atoms with van der Waals surface area (Å²) in [5, 5.41) is 0. The van der Waals surface area contributed by atoms with Crippen LogP contribution in [0, 0.1) is 11.6 Å². The van der Waals surface area contributed by atoms with Gasteiger partial charge >= 0.3 is 0 Å². The highest BCUT2D eigenvalue weighted by Crippen LogP contribution is 2.32. The minimum atomic E-state index is -0.575. The molecular weight excluding hydrogens is 222 g/mol. The van der Waals surface area contributed by atoms with Crippen LogP contribution >= 0.6 is 0 Å². The summed E-state index contributed by atoms with van der Waals surface area (Å²) in [7, 11) is 0. The Morgan fingerprint density at radius 3 is 2.35 bits per heavy atom. The molecule has 96 valence electrons. The predicted octanol–water partition coefficient (Wildman–Crippen LogP) is 4.44. The topological polar surface area (TPSA) is 9.23 Å². The molecule has 1 rings (SSSR count). The number of hydrogen-bond donors (Lipinski definition) is 0. The third-order valence-corrected chi connectivity index (χ3v) is 2.56. The molecule has 1 aromatic rings. The fourth-order valence-electron chi connectivity index (χ4n) is 1.66. The van der Waals surface area contributed by atoms with Crippen molar-refractivity contribution in [3.8, 4) is 5.75 Å². The molecule has 0 heterocycles. The second-order valence-corrected chi connectivity index (χ2v) is 5.19. The highest BCUT2D eigenvalue weighted by molar-refractivity contribution is 5.36. The summed E-state index contributed by atoms with van der Waals surface area (Å²) >= 11 is 0. The van der Waals surface area contributed by atoms with E-state index < -0.39 is 17.0 Å². The van der Waals surface area contributed by atoms with Gasteiger partial charge in [0.1, 0.15) is 5.82 Å². The lowest BCUT2D eigenvalue weighted by Gasteiger charge is -2.21. The Morgan fingerprint density at radius 2 is 1.82 bits per heavy atom. The van der Waals surface area contributed by atoms with Crippen molar-refractivity contribution in [2.24, 2.45) is 0 Å². The van der Waals surface area contributed by atoms with Crippen LogP contribution in [-0.2, 0) is 5.41 Å². The third kappa shape index (κ3) is 3.42. The largest absolute Gasteiger partial charge is 0.491 e. The molecule has 0 aliphatic rings. The fourth-order valence-corrected chi connectivity index (χ4v) is 1.66. The van der Waals surface area contributed by atoms with Crippen molar-refractivity contribution in [2.75, 3.05) is 6.61 Å². The quantitative estimate of drug-likeness (QED) is 0.709. The van der Waals surface area contributed by atoms with Crippen molar-refractivity contribution in [1.82, 2.24) is 0 Å². The van der Waals surface area contributed by atoms with Crippen molar-refractivity contribution in [1.29, 1.82) is 0 Å². The van der Waals surface area contributed by atoms with E-state index in [1.54, 1.807) is 20.8 Å². The van der Waals surface area contributed by atoms with Crippen molar-refractivity contribution in [2.45, 2.75) is 46.0 Å². The summed E-state index contributed by atoms with van der Waals surface area (Å²) in [6.07, 6.45) is 1.84. The summed E-state index contributed by atoms with van der Waals surface area (Å²) in [5.74, 6) is -0.948. The number of ether oxygens (including phenoxy) is 1. The van der Waals surface area contributed by atoms with Crippen LogP contribution in [0.25, 0.3) is 0 Å². The van der Waals surface area contributed by atoms with E-state index in [1.165, 1.54) is 12.1 Å². The molecule has 0 radical (unpaired) electrons. The second-order valence-electron chi connectivity index (χ2n) is 5.19. The Balaban J connectivity index is 3.02. The molecule has 0 aliphatic heterocycles. The van der Waals surface area contributed by atoms with E-state index in [4.69, 9.17) is 4.74 Å². The average Bonchev–Trinajstić information content (AvgIpc) is 2.19. The smallest absolute Gasteiger partial charge is 0.171 e. The molecule has 0 saturated carbocycles. The van der Waals surface area contributed by atoms with Gasteiger partial charge in [-0.15, -0.1) is 0 Å². The second kappa shape index (κ2) is 5.48. The molecule has 0 amide bonds. The molecule has 3 heteroatoms. The van der Waals surface area contributed by atoms with Crippen molar-refractivity contribution >= 4 is 0 Å². The normalized spacial score (nSPS) is 11.6. The predicted molar refractivity (Wildman–Crippen MR) is 65.5 cm³/mol. The Bertz CT molecular complexity index is 381. The van der Waals surface area contributed by atoms with Gasteiger partial charge in [-0.2, -0.15) is 0 Å². The van der Waals surface area contributed by atoms with Gasteiger partial charge < -0.3 is 4.74 Å². The first-order chi connectivity index (χ1) is 7.88. The standard InChI is InChI=1S/C14H20F2O/c1-5-6-9-17-11-8-7-10(15)12(13(11)16)14(2,3)4/h7-8H,5-6,9H2,1-4H3. The lowest BCUT2D eigenvalue weighted by atomic mass is 9.86. The molecule has 0 atom stereocenters. The maximum Gasteiger partial charge on any atom is 0.171 e. The molecular formula is C14H20F2O. The van der Waals surface area contributed by atoms with E-state index >= 15 is 0 Å². The lowest BCUT2D eigenvalue weighted by molar-refractivity contribution is 0.289. The Hall–Kier alpha value is -1.12. The van der Waals surface area contributed by atoms with Crippen LogP contribution in [0.2, 0.25) is 0 Å². The maximum atomic E-state index is 14.1. The Kier molecular flexibility index (Phi) is 4.49. The van der Waals surface area contributed by atoms with Gasteiger partial charge in [-0.1, -0.05) is 34.1 Å². The summed E-state index contributed by atoms with van der Waals surface area (Å²) in [6.45, 7) is 7.84. The van der Waals surface area contributed by atoms with Crippen LogP contribution in [0.5, 0.6) is 5.75 Å². The highest BCUT2D eigenvalue weighted by atomic mass is 19.1. The minimum absolute atomic E-state index is 0.0894. The van der Waals surface area contributed by atoms with Gasteiger partial charge in [0.2, 0.25) is 0 Å². The molecule has 0 unspecified atom stereocenters. The van der Waals surface area contributed by atoms with Gasteiger partial charge in [0.25, 0.3) is 0 Å². The van der Waals surface area contributed by atoms with Gasteiger partial charge in [0, 0.05) is 5.56 Å². The van der Waals surface area contributed by atoms with Crippen LogP contribution in [0.4, 0.5) is 8.78 Å². The van der Waals surface area contributed by atoms with E-state index in [1.807, 2.05) is 6.92 Å². The molecule has 0 aliphatic carbocycles. The molecule has 1 aromatic carbocycles. The zero-order valence-electron chi connectivity index (χ0n) is 10.9. The van der Waals surface area contributed by atoms with E-state index in [0.29, 0.717) is 6.61 Å². The van der Waals surface area contributed by atoms with Crippen LogP contribution in [-0.4, -0.2) is 6.61 Å². The Morgan fingerprint density at radius 1 is 1.18 bits per heavy atom. The molecule has 0 aromatic heterocycles. The molecule has 0 spiro atoms. The molecule has 0 N–H and O–H groups in total. The van der Waals surface area contributed by atoms with Crippen LogP contribution in [0.3, 0.4) is 0 Å². The molecule has 0 fully saturated rings. The number of unbranched alkanes of at least 4 members (excludes halogenated alkanes) is 1. The van der Waals surface area contributed by atoms with Gasteiger partial charge in [-0.05, 0) is 24.0 Å². The van der Waals surface area contributed by atoms with Crippen molar-refractivity contribution in [3.63, 3.8) is 0 Å². The lowest BCUT2D eigenvalue weighted by Crippen LogP contribution is -2.17. The van der Waals surface area contributed by atoms with Gasteiger partial charge in [-0.3, -0.25) is 0 Å². The maximum absolute atomic E-state index is 14.1. The SMILES string of the molecule is CCCCOc1ccc(F)c(C(C)(C)C)c1F. The van der Waals surface area contributed by atoms with E-state index in [9.17, 15) is 8.78 Å².